The second-order valence-electron chi connectivity index (χ2n) is 8.07. The van der Waals surface area contributed by atoms with Crippen LogP contribution in [-0.2, 0) is 19.4 Å². The summed E-state index contributed by atoms with van der Waals surface area (Å²) in [5.74, 6) is 0.0940. The number of ether oxygens (including phenoxy) is 1. The van der Waals surface area contributed by atoms with Crippen molar-refractivity contribution in [3.63, 3.8) is 0 Å². The van der Waals surface area contributed by atoms with Crippen molar-refractivity contribution in [3.05, 3.63) is 81.6 Å². The Morgan fingerprint density at radius 1 is 1.06 bits per heavy atom. The number of aromatic carboxylic acids is 1. The maximum absolute atomic E-state index is 12.0. The number of rotatable bonds is 9. The van der Waals surface area contributed by atoms with Crippen LogP contribution in [0.25, 0.3) is 11.1 Å². The molecule has 0 amide bonds. The van der Waals surface area contributed by atoms with E-state index < -0.39 is 5.97 Å². The van der Waals surface area contributed by atoms with Crippen LogP contribution >= 0.6 is 15.9 Å². The molecule has 0 bridgehead atoms. The lowest BCUT2D eigenvalue weighted by atomic mass is 9.95. The molecule has 0 radical (unpaired) electrons. The Labute approximate surface area is 192 Å². The van der Waals surface area contributed by atoms with E-state index in [1.165, 1.54) is 5.56 Å². The van der Waals surface area contributed by atoms with Crippen LogP contribution in [0.15, 0.2) is 59.1 Å². The van der Waals surface area contributed by atoms with E-state index in [2.05, 4.69) is 36.7 Å². The van der Waals surface area contributed by atoms with Gasteiger partial charge in [-0.05, 0) is 60.2 Å². The van der Waals surface area contributed by atoms with Gasteiger partial charge in [-0.25, -0.2) is 4.79 Å². The fourth-order valence-electron chi connectivity index (χ4n) is 3.50. The minimum atomic E-state index is -1.00. The van der Waals surface area contributed by atoms with Crippen molar-refractivity contribution in [1.29, 1.82) is 0 Å². The number of nitrogens with zero attached hydrogens (tertiary/aromatic N) is 1. The number of carbonyl (C=O) groups is 1. The van der Waals surface area contributed by atoms with Gasteiger partial charge in [0.05, 0.1) is 11.3 Å². The number of aromatic nitrogens is 1. The minimum Gasteiger partial charge on any atom is -0.487 e. The maximum atomic E-state index is 12.0. The number of hydrogen-bond acceptors (Lipinski definition) is 3. The standard InChI is InChI=1S/C26H28BrNO3/c1-4-5-18-6-12-21(13-7-18)31-16-25-23(26(29)30)15-22(24(28-25)14-17(2)3)19-8-10-20(27)11-9-19/h6-13,15,17H,4-5,14,16H2,1-3H3,(H,29,30). The molecule has 0 spiro atoms. The lowest BCUT2D eigenvalue weighted by Gasteiger charge is -2.16. The van der Waals surface area contributed by atoms with Gasteiger partial charge in [-0.1, -0.05) is 67.4 Å². The third-order valence-electron chi connectivity index (χ3n) is 5.01. The van der Waals surface area contributed by atoms with Crippen LogP contribution in [0.4, 0.5) is 0 Å². The molecular formula is C26H28BrNO3. The molecule has 0 saturated carbocycles. The van der Waals surface area contributed by atoms with E-state index in [9.17, 15) is 9.90 Å². The van der Waals surface area contributed by atoms with E-state index in [-0.39, 0.29) is 12.2 Å². The highest BCUT2D eigenvalue weighted by molar-refractivity contribution is 9.10. The number of pyridine rings is 1. The van der Waals surface area contributed by atoms with Gasteiger partial charge in [0, 0.05) is 15.7 Å². The van der Waals surface area contributed by atoms with E-state index in [0.717, 1.165) is 40.6 Å². The molecule has 0 aliphatic rings. The molecule has 31 heavy (non-hydrogen) atoms. The summed E-state index contributed by atoms with van der Waals surface area (Å²) in [5.41, 5.74) is 4.57. The van der Waals surface area contributed by atoms with Crippen LogP contribution in [0.5, 0.6) is 5.75 Å². The van der Waals surface area contributed by atoms with Crippen LogP contribution < -0.4 is 4.74 Å². The summed E-state index contributed by atoms with van der Waals surface area (Å²) in [6.45, 7) is 6.52. The molecule has 2 aromatic carbocycles. The Morgan fingerprint density at radius 3 is 2.32 bits per heavy atom. The van der Waals surface area contributed by atoms with Gasteiger partial charge in [0.1, 0.15) is 12.4 Å². The highest BCUT2D eigenvalue weighted by Gasteiger charge is 2.19. The summed E-state index contributed by atoms with van der Waals surface area (Å²) >= 11 is 3.46. The topological polar surface area (TPSA) is 59.4 Å². The van der Waals surface area contributed by atoms with Gasteiger partial charge in [0.2, 0.25) is 0 Å². The third-order valence-corrected chi connectivity index (χ3v) is 5.53. The van der Waals surface area contributed by atoms with Crippen molar-refractivity contribution >= 4 is 21.9 Å². The SMILES string of the molecule is CCCc1ccc(OCc2nc(CC(C)C)c(-c3ccc(Br)cc3)cc2C(=O)O)cc1. The molecule has 3 rings (SSSR count). The number of hydrogen-bond donors (Lipinski definition) is 1. The molecule has 0 unspecified atom stereocenters. The van der Waals surface area contributed by atoms with Crippen molar-refractivity contribution in [2.45, 2.75) is 46.6 Å². The zero-order chi connectivity index (χ0) is 22.4. The van der Waals surface area contributed by atoms with Crippen molar-refractivity contribution in [3.8, 4) is 16.9 Å². The molecule has 162 valence electrons. The van der Waals surface area contributed by atoms with Crippen LogP contribution in [0.1, 0.15) is 54.5 Å². The van der Waals surface area contributed by atoms with Crippen LogP contribution in [0.3, 0.4) is 0 Å². The zero-order valence-electron chi connectivity index (χ0n) is 18.2. The molecule has 1 heterocycles. The third kappa shape index (κ3) is 6.17. The van der Waals surface area contributed by atoms with Crippen LogP contribution in [0.2, 0.25) is 0 Å². The molecular weight excluding hydrogens is 454 g/mol. The van der Waals surface area contributed by atoms with Crippen molar-refractivity contribution < 1.29 is 14.6 Å². The maximum Gasteiger partial charge on any atom is 0.337 e. The molecule has 0 fully saturated rings. The smallest absolute Gasteiger partial charge is 0.337 e. The fraction of sp³-hybridized carbons (Fsp3) is 0.308. The first-order valence-electron chi connectivity index (χ1n) is 10.6. The molecule has 0 aliphatic heterocycles. The summed E-state index contributed by atoms with van der Waals surface area (Å²) < 4.78 is 6.88. The second-order valence-corrected chi connectivity index (χ2v) is 8.99. The average Bonchev–Trinajstić information content (AvgIpc) is 2.73. The zero-order valence-corrected chi connectivity index (χ0v) is 19.8. The fourth-order valence-corrected chi connectivity index (χ4v) is 3.77. The van der Waals surface area contributed by atoms with Gasteiger partial charge in [-0.15, -0.1) is 0 Å². The van der Waals surface area contributed by atoms with Crippen molar-refractivity contribution in [2.75, 3.05) is 0 Å². The van der Waals surface area contributed by atoms with Gasteiger partial charge in [-0.3, -0.25) is 4.98 Å². The number of carboxylic acid groups (broad SMARTS) is 1. The van der Waals surface area contributed by atoms with Crippen molar-refractivity contribution in [1.82, 2.24) is 4.98 Å². The van der Waals surface area contributed by atoms with E-state index in [4.69, 9.17) is 9.72 Å². The van der Waals surface area contributed by atoms with Gasteiger partial charge in [0.25, 0.3) is 0 Å². The number of halogens is 1. The Balaban J connectivity index is 1.94. The molecule has 3 aromatic rings. The molecule has 1 N–H and O–H groups in total. The molecule has 1 aromatic heterocycles. The first kappa shape index (κ1) is 23.0. The Hall–Kier alpha value is -2.66. The number of aryl methyl sites for hydroxylation is 1. The van der Waals surface area contributed by atoms with E-state index in [1.807, 2.05) is 48.5 Å². The van der Waals surface area contributed by atoms with Gasteiger partial charge in [0.15, 0.2) is 0 Å². The first-order chi connectivity index (χ1) is 14.9. The largest absolute Gasteiger partial charge is 0.487 e. The van der Waals surface area contributed by atoms with Gasteiger partial charge in [-0.2, -0.15) is 0 Å². The van der Waals surface area contributed by atoms with Crippen LogP contribution in [0, 0.1) is 5.92 Å². The van der Waals surface area contributed by atoms with Crippen molar-refractivity contribution in [2.24, 2.45) is 5.92 Å². The predicted molar refractivity (Wildman–Crippen MR) is 128 cm³/mol. The van der Waals surface area contributed by atoms with E-state index in [1.54, 1.807) is 6.07 Å². The van der Waals surface area contributed by atoms with E-state index >= 15 is 0 Å². The molecule has 0 saturated heterocycles. The molecule has 4 nitrogen and oxygen atoms in total. The quantitative estimate of drug-likeness (QED) is 0.359. The number of carboxylic acids is 1. The summed E-state index contributed by atoms with van der Waals surface area (Å²) in [6, 6.07) is 17.5. The minimum absolute atomic E-state index is 0.112. The highest BCUT2D eigenvalue weighted by Crippen LogP contribution is 2.29. The average molecular weight is 482 g/mol. The highest BCUT2D eigenvalue weighted by atomic mass is 79.9. The predicted octanol–water partition coefficient (Wildman–Crippen LogP) is 6.94. The monoisotopic (exact) mass is 481 g/mol. The second kappa shape index (κ2) is 10.6. The molecule has 0 atom stereocenters. The summed E-state index contributed by atoms with van der Waals surface area (Å²) in [4.78, 5) is 16.8. The lowest BCUT2D eigenvalue weighted by Crippen LogP contribution is -2.12. The summed E-state index contributed by atoms with van der Waals surface area (Å²) in [6.07, 6.45) is 2.88. The van der Waals surface area contributed by atoms with Gasteiger partial charge < -0.3 is 9.84 Å². The lowest BCUT2D eigenvalue weighted by molar-refractivity contribution is 0.0693. The van der Waals surface area contributed by atoms with Gasteiger partial charge >= 0.3 is 5.97 Å². The normalized spacial score (nSPS) is 11.0. The first-order valence-corrected chi connectivity index (χ1v) is 11.4. The van der Waals surface area contributed by atoms with Crippen LogP contribution in [-0.4, -0.2) is 16.1 Å². The Kier molecular flexibility index (Phi) is 7.85. The number of benzene rings is 2. The van der Waals surface area contributed by atoms with E-state index in [0.29, 0.717) is 17.4 Å². The summed E-state index contributed by atoms with van der Waals surface area (Å²) in [5, 5.41) is 9.84. The Bertz CT molecular complexity index is 1030. The Morgan fingerprint density at radius 2 is 1.74 bits per heavy atom. The summed E-state index contributed by atoms with van der Waals surface area (Å²) in [7, 11) is 0. The molecule has 0 aliphatic carbocycles. The molecule has 5 heteroatoms.